The van der Waals surface area contributed by atoms with Crippen LogP contribution in [0.1, 0.15) is 39.2 Å². The molecule has 0 aromatic heterocycles. The van der Waals surface area contributed by atoms with Crippen molar-refractivity contribution >= 4 is 17.7 Å². The molecule has 1 unspecified atom stereocenters. The van der Waals surface area contributed by atoms with E-state index in [9.17, 15) is 9.59 Å². The van der Waals surface area contributed by atoms with Gasteiger partial charge in [-0.1, -0.05) is 12.1 Å². The summed E-state index contributed by atoms with van der Waals surface area (Å²) in [4.78, 5) is 30.6. The second-order valence-electron chi connectivity index (χ2n) is 8.09. The molecule has 1 heterocycles. The fourth-order valence-electron chi connectivity index (χ4n) is 3.07. The summed E-state index contributed by atoms with van der Waals surface area (Å²) >= 11 is 0. The molecule has 1 aliphatic heterocycles. The van der Waals surface area contributed by atoms with E-state index in [1.807, 2.05) is 64.0 Å². The van der Waals surface area contributed by atoms with Gasteiger partial charge in [0, 0.05) is 39.9 Å². The third-order valence-corrected chi connectivity index (χ3v) is 4.41. The second-order valence-corrected chi connectivity index (χ2v) is 8.09. The van der Waals surface area contributed by atoms with Gasteiger partial charge in [0.15, 0.2) is 0 Å². The summed E-state index contributed by atoms with van der Waals surface area (Å²) in [5.41, 5.74) is 1.62. The minimum absolute atomic E-state index is 0.0370. The first-order chi connectivity index (χ1) is 12.1. The lowest BCUT2D eigenvalue weighted by Crippen LogP contribution is -2.47. The van der Waals surface area contributed by atoms with Gasteiger partial charge in [-0.25, -0.2) is 4.79 Å². The number of likely N-dealkylation sites (N-methyl/N-ethyl adjacent to an activating group) is 1. The molecule has 6 nitrogen and oxygen atoms in total. The molecule has 1 fully saturated rings. The molecule has 0 saturated carbocycles. The van der Waals surface area contributed by atoms with Crippen molar-refractivity contribution in [2.45, 2.75) is 51.8 Å². The molecule has 1 saturated heterocycles. The zero-order chi connectivity index (χ0) is 19.5. The van der Waals surface area contributed by atoms with Crippen molar-refractivity contribution in [3.8, 4) is 0 Å². The van der Waals surface area contributed by atoms with Gasteiger partial charge in [0.25, 0.3) is 0 Å². The van der Waals surface area contributed by atoms with Gasteiger partial charge in [-0.2, -0.15) is 0 Å². The van der Waals surface area contributed by atoms with Gasteiger partial charge in [-0.05, 0) is 51.3 Å². The monoisotopic (exact) mass is 361 g/mol. The smallest absolute Gasteiger partial charge is 0.410 e. The van der Waals surface area contributed by atoms with E-state index in [0.717, 1.165) is 17.7 Å². The van der Waals surface area contributed by atoms with Crippen LogP contribution in [0.4, 0.5) is 10.5 Å². The summed E-state index contributed by atoms with van der Waals surface area (Å²) in [5, 5.41) is 0. The molecule has 1 atom stereocenters. The predicted octanol–water partition coefficient (Wildman–Crippen LogP) is 3.11. The second kappa shape index (κ2) is 7.98. The molecule has 0 bridgehead atoms. The first kappa shape index (κ1) is 20.1. The van der Waals surface area contributed by atoms with Crippen molar-refractivity contribution in [2.24, 2.45) is 0 Å². The van der Waals surface area contributed by atoms with Crippen molar-refractivity contribution in [3.05, 3.63) is 29.8 Å². The van der Waals surface area contributed by atoms with Gasteiger partial charge in [-0.15, -0.1) is 0 Å². The number of hydrogen-bond donors (Lipinski definition) is 0. The standard InChI is InChI=1S/C20H31N3O3/c1-20(2,3)26-19(25)23-13-7-8-17(23)18(24)22(6)14-15-9-11-16(12-10-15)21(4)5/h9-12,17H,7-8,13-14H2,1-6H3. The topological polar surface area (TPSA) is 53.1 Å². The Hall–Kier alpha value is -2.24. The van der Waals surface area contributed by atoms with E-state index in [-0.39, 0.29) is 5.91 Å². The van der Waals surface area contributed by atoms with Gasteiger partial charge in [0.1, 0.15) is 11.6 Å². The largest absolute Gasteiger partial charge is 0.444 e. The zero-order valence-corrected chi connectivity index (χ0v) is 16.8. The number of carbonyl (C=O) groups is 2. The van der Waals surface area contributed by atoms with Crippen LogP contribution in [-0.2, 0) is 16.1 Å². The average molecular weight is 361 g/mol. The molecule has 0 radical (unpaired) electrons. The van der Waals surface area contributed by atoms with E-state index in [4.69, 9.17) is 4.74 Å². The summed E-state index contributed by atoms with van der Waals surface area (Å²) in [6, 6.07) is 7.70. The minimum atomic E-state index is -0.562. The molecule has 144 valence electrons. The molecule has 2 rings (SSSR count). The molecule has 6 heteroatoms. The van der Waals surface area contributed by atoms with Crippen molar-refractivity contribution in [1.29, 1.82) is 0 Å². The Labute approximate surface area is 156 Å². The summed E-state index contributed by atoms with van der Waals surface area (Å²) in [6.45, 7) is 6.59. The quantitative estimate of drug-likeness (QED) is 0.827. The maximum Gasteiger partial charge on any atom is 0.410 e. The average Bonchev–Trinajstić information content (AvgIpc) is 3.02. The van der Waals surface area contributed by atoms with E-state index in [1.54, 1.807) is 16.8 Å². The van der Waals surface area contributed by atoms with Gasteiger partial charge >= 0.3 is 6.09 Å². The normalized spacial score (nSPS) is 17.2. The maximum absolute atomic E-state index is 12.9. The molecule has 1 aliphatic rings. The Bertz CT molecular complexity index is 635. The molecular formula is C20H31N3O3. The van der Waals surface area contributed by atoms with Crippen LogP contribution in [0.2, 0.25) is 0 Å². The van der Waals surface area contributed by atoms with E-state index in [2.05, 4.69) is 0 Å². The van der Waals surface area contributed by atoms with E-state index in [1.165, 1.54) is 0 Å². The first-order valence-corrected chi connectivity index (χ1v) is 9.09. The molecule has 2 amide bonds. The highest BCUT2D eigenvalue weighted by Crippen LogP contribution is 2.23. The van der Waals surface area contributed by atoms with E-state index < -0.39 is 17.7 Å². The minimum Gasteiger partial charge on any atom is -0.444 e. The number of ether oxygens (including phenoxy) is 1. The Balaban J connectivity index is 2.01. The molecule has 0 N–H and O–H groups in total. The van der Waals surface area contributed by atoms with Crippen molar-refractivity contribution in [2.75, 3.05) is 32.6 Å². The lowest BCUT2D eigenvalue weighted by atomic mass is 10.1. The van der Waals surface area contributed by atoms with Crippen molar-refractivity contribution in [1.82, 2.24) is 9.80 Å². The SMILES string of the molecule is CN(Cc1ccc(N(C)C)cc1)C(=O)C1CCCN1C(=O)OC(C)(C)C. The van der Waals surface area contributed by atoms with Gasteiger partial charge in [0.05, 0.1) is 0 Å². The molecule has 0 spiro atoms. The molecule has 0 aliphatic carbocycles. The third-order valence-electron chi connectivity index (χ3n) is 4.41. The first-order valence-electron chi connectivity index (χ1n) is 9.09. The number of carbonyl (C=O) groups excluding carboxylic acids is 2. The van der Waals surface area contributed by atoms with Crippen LogP contribution in [0.25, 0.3) is 0 Å². The number of amides is 2. The highest BCUT2D eigenvalue weighted by atomic mass is 16.6. The number of nitrogens with zero attached hydrogens (tertiary/aromatic N) is 3. The Morgan fingerprint density at radius 1 is 1.15 bits per heavy atom. The van der Waals surface area contributed by atoms with Gasteiger partial charge < -0.3 is 14.5 Å². The summed E-state index contributed by atoms with van der Waals surface area (Å²) < 4.78 is 5.45. The Morgan fingerprint density at radius 3 is 2.31 bits per heavy atom. The number of anilines is 1. The van der Waals surface area contributed by atoms with Gasteiger partial charge in [0.2, 0.25) is 5.91 Å². The molecular weight excluding hydrogens is 330 g/mol. The van der Waals surface area contributed by atoms with Crippen LogP contribution in [0.15, 0.2) is 24.3 Å². The Kier molecular flexibility index (Phi) is 6.16. The fourth-order valence-corrected chi connectivity index (χ4v) is 3.07. The van der Waals surface area contributed by atoms with Crippen LogP contribution in [0.5, 0.6) is 0 Å². The number of benzene rings is 1. The maximum atomic E-state index is 12.9. The van der Waals surface area contributed by atoms with Crippen LogP contribution in [0.3, 0.4) is 0 Å². The number of likely N-dealkylation sites (tertiary alicyclic amines) is 1. The van der Waals surface area contributed by atoms with Crippen LogP contribution in [0, 0.1) is 0 Å². The summed E-state index contributed by atoms with van der Waals surface area (Å²) in [5.74, 6) is -0.0370. The fraction of sp³-hybridized carbons (Fsp3) is 0.600. The number of rotatable bonds is 4. The molecule has 26 heavy (non-hydrogen) atoms. The lowest BCUT2D eigenvalue weighted by molar-refractivity contribution is -0.135. The van der Waals surface area contributed by atoms with Crippen LogP contribution >= 0.6 is 0 Å². The highest BCUT2D eigenvalue weighted by molar-refractivity contribution is 5.86. The molecule has 1 aromatic rings. The predicted molar refractivity (Wildman–Crippen MR) is 103 cm³/mol. The molecule has 1 aromatic carbocycles. The zero-order valence-electron chi connectivity index (χ0n) is 16.8. The lowest BCUT2D eigenvalue weighted by Gasteiger charge is -2.30. The van der Waals surface area contributed by atoms with E-state index >= 15 is 0 Å². The number of hydrogen-bond acceptors (Lipinski definition) is 4. The van der Waals surface area contributed by atoms with Gasteiger partial charge in [-0.3, -0.25) is 9.69 Å². The Morgan fingerprint density at radius 2 is 1.77 bits per heavy atom. The summed E-state index contributed by atoms with van der Waals surface area (Å²) in [7, 11) is 5.78. The van der Waals surface area contributed by atoms with Crippen molar-refractivity contribution < 1.29 is 14.3 Å². The summed E-state index contributed by atoms with van der Waals surface area (Å²) in [6.07, 6.45) is 1.10. The van der Waals surface area contributed by atoms with E-state index in [0.29, 0.717) is 19.5 Å². The van der Waals surface area contributed by atoms with Crippen molar-refractivity contribution in [3.63, 3.8) is 0 Å². The highest BCUT2D eigenvalue weighted by Gasteiger charge is 2.37. The van der Waals surface area contributed by atoms with Crippen LogP contribution in [-0.4, -0.2) is 61.1 Å². The third kappa shape index (κ3) is 5.13. The van der Waals surface area contributed by atoms with Crippen LogP contribution < -0.4 is 4.90 Å².